The fraction of sp³-hybridized carbons (Fsp3) is 0.222. The molecule has 1 aliphatic rings. The number of aliphatic imine (C=N–C) groups is 1. The van der Waals surface area contributed by atoms with E-state index in [2.05, 4.69) is 4.99 Å². The molecule has 0 atom stereocenters. The molecule has 0 fully saturated rings. The normalized spacial score (nSPS) is 23.9. The molecular formula is C9H11N. The minimum absolute atomic E-state index is 0.787. The summed E-state index contributed by atoms with van der Waals surface area (Å²) in [5.74, 6) is 0. The second kappa shape index (κ2) is 3.83. The van der Waals surface area contributed by atoms with E-state index in [4.69, 9.17) is 0 Å². The summed E-state index contributed by atoms with van der Waals surface area (Å²) in [4.78, 5) is 4.15. The molecule has 1 heterocycles. The molecule has 0 aliphatic carbocycles. The van der Waals surface area contributed by atoms with Gasteiger partial charge in [-0.25, -0.2) is 0 Å². The van der Waals surface area contributed by atoms with Crippen LogP contribution in [-0.4, -0.2) is 12.8 Å². The molecule has 10 heavy (non-hydrogen) atoms. The van der Waals surface area contributed by atoms with Gasteiger partial charge in [0.05, 0.1) is 6.54 Å². The molecule has 0 aromatic rings. The second-order valence-electron chi connectivity index (χ2n) is 2.22. The standard InChI is InChI=1S/C9H11N/c1-9-6-4-2-3-5-7-10-8-9/h2-6,8H,7H2,1H3/b4-2-,5-3-,9-6?,10-8?. The van der Waals surface area contributed by atoms with Crippen LogP contribution in [0.25, 0.3) is 0 Å². The zero-order valence-electron chi connectivity index (χ0n) is 6.12. The summed E-state index contributed by atoms with van der Waals surface area (Å²) in [5, 5.41) is 0. The van der Waals surface area contributed by atoms with Gasteiger partial charge in [0.1, 0.15) is 0 Å². The molecule has 1 rings (SSSR count). The lowest BCUT2D eigenvalue weighted by Crippen LogP contribution is -1.77. The number of hydrogen-bond donors (Lipinski definition) is 0. The summed E-state index contributed by atoms with van der Waals surface area (Å²) >= 11 is 0. The topological polar surface area (TPSA) is 12.4 Å². The van der Waals surface area contributed by atoms with Crippen molar-refractivity contribution in [3.05, 3.63) is 36.0 Å². The van der Waals surface area contributed by atoms with E-state index in [1.165, 1.54) is 5.57 Å². The summed E-state index contributed by atoms with van der Waals surface area (Å²) < 4.78 is 0. The van der Waals surface area contributed by atoms with Gasteiger partial charge in [-0.2, -0.15) is 0 Å². The van der Waals surface area contributed by atoms with Gasteiger partial charge >= 0.3 is 0 Å². The first-order chi connectivity index (χ1) is 4.89. The van der Waals surface area contributed by atoms with Crippen molar-refractivity contribution in [1.29, 1.82) is 0 Å². The summed E-state index contributed by atoms with van der Waals surface area (Å²) in [6.45, 7) is 2.83. The highest BCUT2D eigenvalue weighted by Crippen LogP contribution is 1.92. The van der Waals surface area contributed by atoms with E-state index >= 15 is 0 Å². The molecule has 0 spiro atoms. The van der Waals surface area contributed by atoms with E-state index in [0.29, 0.717) is 0 Å². The van der Waals surface area contributed by atoms with Crippen molar-refractivity contribution in [2.45, 2.75) is 6.92 Å². The number of hydrogen-bond acceptors (Lipinski definition) is 1. The van der Waals surface area contributed by atoms with Gasteiger partial charge in [0.2, 0.25) is 0 Å². The van der Waals surface area contributed by atoms with Crippen molar-refractivity contribution in [3.8, 4) is 0 Å². The van der Waals surface area contributed by atoms with Crippen LogP contribution in [0.15, 0.2) is 40.9 Å². The van der Waals surface area contributed by atoms with Crippen LogP contribution < -0.4 is 0 Å². The van der Waals surface area contributed by atoms with Crippen molar-refractivity contribution < 1.29 is 0 Å². The molecule has 1 aliphatic heterocycles. The van der Waals surface area contributed by atoms with Crippen LogP contribution in [0.5, 0.6) is 0 Å². The number of allylic oxidation sites excluding steroid dienone is 5. The van der Waals surface area contributed by atoms with Gasteiger partial charge in [-0.15, -0.1) is 0 Å². The van der Waals surface area contributed by atoms with E-state index in [1.54, 1.807) is 0 Å². The Balaban J connectivity index is 2.72. The summed E-state index contributed by atoms with van der Waals surface area (Å²) in [6.07, 6.45) is 12.0. The lowest BCUT2D eigenvalue weighted by molar-refractivity contribution is 1.25. The number of nitrogens with zero attached hydrogens (tertiary/aromatic N) is 1. The predicted molar refractivity (Wildman–Crippen MR) is 45.4 cm³/mol. The van der Waals surface area contributed by atoms with E-state index in [0.717, 1.165) is 6.54 Å². The van der Waals surface area contributed by atoms with Crippen LogP contribution in [0.4, 0.5) is 0 Å². The third kappa shape index (κ3) is 2.44. The van der Waals surface area contributed by atoms with Gasteiger partial charge in [0.25, 0.3) is 0 Å². The van der Waals surface area contributed by atoms with Gasteiger partial charge < -0.3 is 0 Å². The molecule has 0 saturated carbocycles. The van der Waals surface area contributed by atoms with Crippen LogP contribution >= 0.6 is 0 Å². The van der Waals surface area contributed by atoms with E-state index in [-0.39, 0.29) is 0 Å². The first kappa shape index (κ1) is 7.00. The van der Waals surface area contributed by atoms with E-state index in [9.17, 15) is 0 Å². The fourth-order valence-corrected chi connectivity index (χ4v) is 0.711. The second-order valence-corrected chi connectivity index (χ2v) is 2.22. The van der Waals surface area contributed by atoms with E-state index in [1.807, 2.05) is 43.5 Å². The summed E-state index contributed by atoms with van der Waals surface area (Å²) in [5.41, 5.74) is 1.19. The third-order valence-corrected chi connectivity index (χ3v) is 1.22. The van der Waals surface area contributed by atoms with Gasteiger partial charge in [-0.1, -0.05) is 30.4 Å². The SMILES string of the molecule is CC1=C/C=C\C=C/CN=C1. The zero-order chi connectivity index (χ0) is 7.23. The van der Waals surface area contributed by atoms with Crippen molar-refractivity contribution >= 4 is 6.21 Å². The largest absolute Gasteiger partial charge is 0.289 e. The average Bonchev–Trinajstić information content (AvgIpc) is 2.02. The van der Waals surface area contributed by atoms with Crippen LogP contribution in [-0.2, 0) is 0 Å². The maximum absolute atomic E-state index is 4.15. The van der Waals surface area contributed by atoms with Crippen molar-refractivity contribution in [3.63, 3.8) is 0 Å². The van der Waals surface area contributed by atoms with Crippen molar-refractivity contribution in [2.75, 3.05) is 6.54 Å². The molecule has 0 N–H and O–H groups in total. The van der Waals surface area contributed by atoms with Gasteiger partial charge in [-0.05, 0) is 12.5 Å². The lowest BCUT2D eigenvalue weighted by Gasteiger charge is -1.84. The molecule has 1 heteroatoms. The fourth-order valence-electron chi connectivity index (χ4n) is 0.711. The molecular weight excluding hydrogens is 122 g/mol. The molecule has 0 radical (unpaired) electrons. The Hall–Kier alpha value is -1.11. The van der Waals surface area contributed by atoms with E-state index < -0.39 is 0 Å². The van der Waals surface area contributed by atoms with Crippen molar-refractivity contribution in [1.82, 2.24) is 0 Å². The maximum atomic E-state index is 4.15. The smallest absolute Gasteiger partial charge is 0.0573 e. The molecule has 0 saturated heterocycles. The van der Waals surface area contributed by atoms with Gasteiger partial charge in [0.15, 0.2) is 0 Å². The minimum atomic E-state index is 0.787. The van der Waals surface area contributed by atoms with Gasteiger partial charge in [-0.3, -0.25) is 4.99 Å². The molecule has 0 aromatic carbocycles. The van der Waals surface area contributed by atoms with Crippen LogP contribution in [0, 0.1) is 0 Å². The predicted octanol–water partition coefficient (Wildman–Crippen LogP) is 2.13. The minimum Gasteiger partial charge on any atom is -0.289 e. The monoisotopic (exact) mass is 133 g/mol. The highest BCUT2D eigenvalue weighted by atomic mass is 14.7. The Morgan fingerprint density at radius 3 is 3.10 bits per heavy atom. The Bertz CT molecular complexity index is 207. The Morgan fingerprint density at radius 2 is 2.20 bits per heavy atom. The van der Waals surface area contributed by atoms with Gasteiger partial charge in [0, 0.05) is 6.21 Å². The highest BCUT2D eigenvalue weighted by Gasteiger charge is 1.79. The van der Waals surface area contributed by atoms with Crippen LogP contribution in [0.2, 0.25) is 0 Å². The quantitative estimate of drug-likeness (QED) is 0.480. The third-order valence-electron chi connectivity index (χ3n) is 1.22. The lowest BCUT2D eigenvalue weighted by atomic mass is 10.3. The zero-order valence-corrected chi connectivity index (χ0v) is 6.12. The first-order valence-electron chi connectivity index (χ1n) is 3.39. The summed E-state index contributed by atoms with van der Waals surface area (Å²) in [7, 11) is 0. The Morgan fingerprint density at radius 1 is 1.30 bits per heavy atom. The molecule has 1 nitrogen and oxygen atoms in total. The van der Waals surface area contributed by atoms with Crippen LogP contribution in [0.1, 0.15) is 6.92 Å². The average molecular weight is 133 g/mol. The molecule has 0 amide bonds. The van der Waals surface area contributed by atoms with Crippen molar-refractivity contribution in [2.24, 2.45) is 4.99 Å². The van der Waals surface area contributed by atoms with Crippen LogP contribution in [0.3, 0.4) is 0 Å². The summed E-state index contributed by atoms with van der Waals surface area (Å²) in [6, 6.07) is 0. The Labute approximate surface area is 61.5 Å². The highest BCUT2D eigenvalue weighted by molar-refractivity contribution is 5.78. The first-order valence-corrected chi connectivity index (χ1v) is 3.39. The molecule has 52 valence electrons. The molecule has 0 bridgehead atoms. The molecule has 0 aromatic heterocycles. The maximum Gasteiger partial charge on any atom is 0.0573 e. The Kier molecular flexibility index (Phi) is 2.68. The number of rotatable bonds is 0. The molecule has 0 unspecified atom stereocenters.